The van der Waals surface area contributed by atoms with E-state index in [1.165, 1.54) is 12.1 Å². The molecule has 0 saturated heterocycles. The van der Waals surface area contributed by atoms with Crippen LogP contribution in [0.15, 0.2) is 114 Å². The van der Waals surface area contributed by atoms with Crippen LogP contribution < -0.4 is 14.8 Å². The van der Waals surface area contributed by atoms with Crippen molar-refractivity contribution in [3.8, 4) is 5.75 Å². The van der Waals surface area contributed by atoms with E-state index in [-0.39, 0.29) is 16.5 Å². The lowest BCUT2D eigenvalue weighted by atomic mass is 9.80. The van der Waals surface area contributed by atoms with E-state index in [2.05, 4.69) is 10.0 Å². The molecule has 1 aliphatic carbocycles. The molecule has 2 N–H and O–H groups in total. The number of anilines is 2. The zero-order valence-electron chi connectivity index (χ0n) is 24.6. The summed E-state index contributed by atoms with van der Waals surface area (Å²) in [6, 6.07) is 28.0. The van der Waals surface area contributed by atoms with Gasteiger partial charge in [0.25, 0.3) is 10.0 Å². The summed E-state index contributed by atoms with van der Waals surface area (Å²) in [7, 11) is -2.58. The largest absolute Gasteiger partial charge is 0.496 e. The number of carbonyl (C=O) groups is 1. The zero-order chi connectivity index (χ0) is 32.4. The summed E-state index contributed by atoms with van der Waals surface area (Å²) >= 11 is 0. The van der Waals surface area contributed by atoms with Gasteiger partial charge in [0.05, 0.1) is 23.5 Å². The number of amides is 1. The van der Waals surface area contributed by atoms with Gasteiger partial charge in [0.15, 0.2) is 0 Å². The predicted octanol–water partition coefficient (Wildman–Crippen LogP) is 8.32. The minimum Gasteiger partial charge on any atom is -0.496 e. The lowest BCUT2D eigenvalue weighted by Gasteiger charge is -2.21. The number of alkyl halides is 3. The average molecular weight is 641 g/mol. The van der Waals surface area contributed by atoms with Gasteiger partial charge in [-0.05, 0) is 88.5 Å². The Labute approximate surface area is 263 Å². The van der Waals surface area contributed by atoms with Crippen molar-refractivity contribution in [1.82, 2.24) is 0 Å². The number of halogens is 3. The van der Waals surface area contributed by atoms with Gasteiger partial charge in [-0.15, -0.1) is 0 Å². The number of allylic oxidation sites excluding steroid dienone is 1. The number of nitrogens with one attached hydrogen (secondary N) is 2. The van der Waals surface area contributed by atoms with Crippen molar-refractivity contribution < 1.29 is 31.1 Å². The lowest BCUT2D eigenvalue weighted by Crippen LogP contribution is -2.19. The second-order valence-electron chi connectivity index (χ2n) is 11.4. The Morgan fingerprint density at radius 3 is 2.28 bits per heavy atom. The molecule has 2 atom stereocenters. The van der Waals surface area contributed by atoms with Crippen LogP contribution in [-0.4, -0.2) is 21.4 Å². The molecule has 0 fully saturated rings. The number of hydrogen-bond acceptors (Lipinski definition) is 4. The van der Waals surface area contributed by atoms with Crippen LogP contribution in [0.1, 0.15) is 46.6 Å². The van der Waals surface area contributed by atoms with E-state index >= 15 is 0 Å². The van der Waals surface area contributed by atoms with Crippen molar-refractivity contribution in [2.45, 2.75) is 29.8 Å². The highest BCUT2D eigenvalue weighted by Crippen LogP contribution is 2.55. The number of hydrogen-bond donors (Lipinski definition) is 2. The van der Waals surface area contributed by atoms with Crippen LogP contribution in [0.25, 0.3) is 16.3 Å². The summed E-state index contributed by atoms with van der Waals surface area (Å²) in [5.41, 5.74) is 4.85. The Kier molecular flexibility index (Phi) is 6.93. The van der Waals surface area contributed by atoms with E-state index < -0.39 is 33.6 Å². The minimum atomic E-state index is -4.55. The molecule has 5 aromatic carbocycles. The van der Waals surface area contributed by atoms with Crippen molar-refractivity contribution in [2.75, 3.05) is 17.1 Å². The summed E-state index contributed by atoms with van der Waals surface area (Å²) in [6.07, 6.45) is -4.55. The summed E-state index contributed by atoms with van der Waals surface area (Å²) in [5, 5.41) is 4.97. The first-order chi connectivity index (χ1) is 22.0. The first kappa shape index (κ1) is 29.6. The second-order valence-corrected chi connectivity index (χ2v) is 13.1. The maximum atomic E-state index is 13.7. The Bertz CT molecular complexity index is 2190. The van der Waals surface area contributed by atoms with E-state index in [1.807, 2.05) is 67.6 Å². The number of fused-ring (bicyclic) bond motifs is 3. The Balaban J connectivity index is 1.32. The molecule has 0 radical (unpaired) electrons. The van der Waals surface area contributed by atoms with Gasteiger partial charge < -0.3 is 10.1 Å². The van der Waals surface area contributed by atoms with Crippen molar-refractivity contribution in [2.24, 2.45) is 0 Å². The Morgan fingerprint density at radius 1 is 0.826 bits per heavy atom. The third kappa shape index (κ3) is 4.80. The normalized spacial score (nSPS) is 17.5. The summed E-state index contributed by atoms with van der Waals surface area (Å²) in [5.74, 6) is -0.708. The molecule has 0 aromatic heterocycles. The van der Waals surface area contributed by atoms with Gasteiger partial charge in [-0.25, -0.2) is 8.42 Å². The number of ether oxygens (including phenoxy) is 1. The molecule has 1 heterocycles. The zero-order valence-corrected chi connectivity index (χ0v) is 25.5. The standard InChI is InChI=1S/C36H27F3N2O4S/c1-20-31(33-25-8-4-3-7-21(25)11-18-30(33)45-2)26-9-5-6-10-27(26)32(20)34-28-19-24(16-17-29(28)40-35(34)42)46(43,44)41-23-14-12-22(13-15-23)36(37,38)39/h3-19,32,34,41H,1-2H3,(H,40,42). The van der Waals surface area contributed by atoms with Crippen molar-refractivity contribution >= 4 is 43.7 Å². The molecule has 5 aromatic rings. The topological polar surface area (TPSA) is 84.5 Å². The van der Waals surface area contributed by atoms with E-state index in [1.54, 1.807) is 13.2 Å². The molecule has 0 spiro atoms. The van der Waals surface area contributed by atoms with Crippen LogP contribution in [0.5, 0.6) is 5.75 Å². The quantitative estimate of drug-likeness (QED) is 0.196. The van der Waals surface area contributed by atoms with Crippen molar-refractivity contribution in [3.05, 3.63) is 137 Å². The van der Waals surface area contributed by atoms with Crippen molar-refractivity contribution in [3.63, 3.8) is 0 Å². The maximum Gasteiger partial charge on any atom is 0.416 e. The third-order valence-corrected chi connectivity index (χ3v) is 10.2. The molecular formula is C36H27F3N2O4S. The van der Waals surface area contributed by atoms with Crippen LogP contribution in [0.3, 0.4) is 0 Å². The molecule has 46 heavy (non-hydrogen) atoms. The van der Waals surface area contributed by atoms with Crippen molar-refractivity contribution in [1.29, 1.82) is 0 Å². The Hall–Kier alpha value is -5.09. The molecule has 0 saturated carbocycles. The highest BCUT2D eigenvalue weighted by Gasteiger charge is 2.44. The maximum absolute atomic E-state index is 13.7. The Morgan fingerprint density at radius 2 is 1.54 bits per heavy atom. The number of benzene rings is 5. The molecule has 2 aliphatic rings. The highest BCUT2D eigenvalue weighted by molar-refractivity contribution is 7.92. The SMILES string of the molecule is COc1ccc2ccccc2c1C1=C(C)C(C2C(=O)Nc3ccc(S(=O)(=O)Nc4ccc(C(F)(F)F)cc4)cc32)c2ccccc21. The fourth-order valence-corrected chi connectivity index (χ4v) is 7.83. The number of carbonyl (C=O) groups excluding carboxylic acids is 1. The van der Waals surface area contributed by atoms with Gasteiger partial charge in [0, 0.05) is 22.9 Å². The molecule has 1 aliphatic heterocycles. The average Bonchev–Trinajstić information content (AvgIpc) is 3.51. The van der Waals surface area contributed by atoms with E-state index in [4.69, 9.17) is 4.74 Å². The predicted molar refractivity (Wildman–Crippen MR) is 171 cm³/mol. The molecule has 2 unspecified atom stereocenters. The highest BCUT2D eigenvalue weighted by atomic mass is 32.2. The van der Waals surface area contributed by atoms with Crippen LogP contribution in [-0.2, 0) is 21.0 Å². The summed E-state index contributed by atoms with van der Waals surface area (Å²) < 4.78 is 74.1. The molecule has 0 bridgehead atoms. The number of methoxy groups -OCH3 is 1. The first-order valence-corrected chi connectivity index (χ1v) is 16.0. The van der Waals surface area contributed by atoms with Gasteiger partial charge >= 0.3 is 6.18 Å². The van der Waals surface area contributed by atoms with Gasteiger partial charge in [-0.2, -0.15) is 13.2 Å². The summed E-state index contributed by atoms with van der Waals surface area (Å²) in [4.78, 5) is 13.6. The smallest absolute Gasteiger partial charge is 0.416 e. The fraction of sp³-hybridized carbons (Fsp3) is 0.139. The van der Waals surface area contributed by atoms with E-state index in [0.29, 0.717) is 17.0 Å². The first-order valence-electron chi connectivity index (χ1n) is 14.5. The van der Waals surface area contributed by atoms with Gasteiger partial charge in [0.2, 0.25) is 5.91 Å². The second kappa shape index (κ2) is 10.8. The monoisotopic (exact) mass is 640 g/mol. The lowest BCUT2D eigenvalue weighted by molar-refractivity contribution is -0.137. The number of rotatable bonds is 6. The minimum absolute atomic E-state index is 0.0172. The van der Waals surface area contributed by atoms with Gasteiger partial charge in [0.1, 0.15) is 5.75 Å². The molecule has 1 amide bonds. The molecule has 10 heteroatoms. The van der Waals surface area contributed by atoms with Crippen LogP contribution in [0.4, 0.5) is 24.5 Å². The van der Waals surface area contributed by atoms with E-state index in [0.717, 1.165) is 62.9 Å². The molecule has 6 nitrogen and oxygen atoms in total. The van der Waals surface area contributed by atoms with E-state index in [9.17, 15) is 26.4 Å². The van der Waals surface area contributed by atoms with Crippen LogP contribution in [0.2, 0.25) is 0 Å². The summed E-state index contributed by atoms with van der Waals surface area (Å²) in [6.45, 7) is 2.00. The van der Waals surface area contributed by atoms with Gasteiger partial charge in [-0.3, -0.25) is 9.52 Å². The molecular weight excluding hydrogens is 613 g/mol. The van der Waals surface area contributed by atoms with Crippen LogP contribution >= 0.6 is 0 Å². The third-order valence-electron chi connectivity index (χ3n) is 8.79. The van der Waals surface area contributed by atoms with Crippen LogP contribution in [0, 0.1) is 0 Å². The number of sulfonamides is 1. The fourth-order valence-electron chi connectivity index (χ4n) is 6.74. The van der Waals surface area contributed by atoms with Gasteiger partial charge in [-0.1, -0.05) is 60.2 Å². The molecule has 232 valence electrons. The molecule has 7 rings (SSSR count).